The Kier molecular flexibility index (Phi) is 3.91. The minimum atomic E-state index is -0.146. The summed E-state index contributed by atoms with van der Waals surface area (Å²) < 4.78 is 4.03. The molecule has 2 aliphatic rings. The Bertz CT molecular complexity index is 780. The Morgan fingerprint density at radius 2 is 1.92 bits per heavy atom. The molecule has 7 heteroatoms. The molecule has 2 aliphatic heterocycles. The average molecular weight is 342 g/mol. The largest absolute Gasteiger partial charge is 0.345 e. The quantitative estimate of drug-likeness (QED) is 0.847. The molecule has 0 bridgehead atoms. The van der Waals surface area contributed by atoms with Gasteiger partial charge in [0, 0.05) is 38.1 Å². The summed E-state index contributed by atoms with van der Waals surface area (Å²) >= 11 is 0. The molecule has 0 aromatic carbocycles. The van der Waals surface area contributed by atoms with Gasteiger partial charge in [0.15, 0.2) is 0 Å². The van der Waals surface area contributed by atoms with Gasteiger partial charge in [-0.25, -0.2) is 4.68 Å². The predicted octanol–water partition coefficient (Wildman–Crippen LogP) is 1.45. The van der Waals surface area contributed by atoms with Crippen molar-refractivity contribution >= 4 is 5.91 Å². The summed E-state index contributed by atoms with van der Waals surface area (Å²) in [5.41, 5.74) is 3.52. The molecule has 0 unspecified atom stereocenters. The molecule has 2 saturated heterocycles. The minimum absolute atomic E-state index is 0.146. The second-order valence-electron chi connectivity index (χ2n) is 7.62. The van der Waals surface area contributed by atoms with Gasteiger partial charge in [0.25, 0.3) is 0 Å². The summed E-state index contributed by atoms with van der Waals surface area (Å²) in [7, 11) is 1.94. The van der Waals surface area contributed by atoms with Gasteiger partial charge < -0.3 is 4.90 Å². The lowest BCUT2D eigenvalue weighted by molar-refractivity contribution is -0.143. The summed E-state index contributed by atoms with van der Waals surface area (Å²) in [6.45, 7) is 7.90. The van der Waals surface area contributed by atoms with E-state index in [1.807, 2.05) is 16.6 Å². The molecule has 0 radical (unpaired) electrons. The van der Waals surface area contributed by atoms with Crippen molar-refractivity contribution in [2.24, 2.45) is 5.41 Å². The highest BCUT2D eigenvalue weighted by Crippen LogP contribution is 2.40. The molecule has 1 spiro atoms. The van der Waals surface area contributed by atoms with Crippen LogP contribution in [-0.2, 0) is 11.3 Å². The van der Waals surface area contributed by atoms with Crippen LogP contribution in [0.25, 0.3) is 0 Å². The molecule has 2 aromatic rings. The third-order valence-corrected chi connectivity index (χ3v) is 5.91. The number of hydrogen-bond donors (Lipinski definition) is 0. The smallest absolute Gasteiger partial charge is 0.229 e. The van der Waals surface area contributed by atoms with Gasteiger partial charge in [0.05, 0.1) is 5.41 Å². The third kappa shape index (κ3) is 2.66. The minimum Gasteiger partial charge on any atom is -0.345 e. The standard InChI is InChI=1S/C18H26N6O/c1-14-9-16(15(2)24(14)23-12-19-20-13-23)10-22-8-6-18(11-22)5-4-7-21(3)17(18)25/h9,12-13H,4-8,10-11H2,1-3H3/t18-/m0/s1. The molecule has 7 nitrogen and oxygen atoms in total. The fraction of sp³-hybridized carbons (Fsp3) is 0.611. The SMILES string of the molecule is Cc1cc(CN2CC[C@@]3(CCCN(C)C3=O)C2)c(C)n1-n1cnnc1. The molecule has 1 amide bonds. The maximum absolute atomic E-state index is 12.7. The molecule has 0 aliphatic carbocycles. The van der Waals surface area contributed by atoms with Crippen LogP contribution >= 0.6 is 0 Å². The van der Waals surface area contributed by atoms with Crippen molar-refractivity contribution in [2.75, 3.05) is 26.7 Å². The third-order valence-electron chi connectivity index (χ3n) is 5.91. The summed E-state index contributed by atoms with van der Waals surface area (Å²) in [6.07, 6.45) is 6.57. The maximum atomic E-state index is 12.7. The van der Waals surface area contributed by atoms with E-state index in [0.29, 0.717) is 5.91 Å². The van der Waals surface area contributed by atoms with Gasteiger partial charge in [-0.15, -0.1) is 10.2 Å². The van der Waals surface area contributed by atoms with E-state index in [1.54, 1.807) is 12.7 Å². The Hall–Kier alpha value is -2.15. The van der Waals surface area contributed by atoms with E-state index in [1.165, 1.54) is 11.3 Å². The summed E-state index contributed by atoms with van der Waals surface area (Å²) in [5, 5.41) is 7.81. The normalized spacial score (nSPS) is 24.6. The highest BCUT2D eigenvalue weighted by Gasteiger charge is 2.47. The monoisotopic (exact) mass is 342 g/mol. The topological polar surface area (TPSA) is 59.2 Å². The van der Waals surface area contributed by atoms with Crippen LogP contribution < -0.4 is 0 Å². The van der Waals surface area contributed by atoms with Crippen LogP contribution in [0.3, 0.4) is 0 Å². The fourth-order valence-electron chi connectivity index (χ4n) is 4.61. The van der Waals surface area contributed by atoms with Gasteiger partial charge >= 0.3 is 0 Å². The van der Waals surface area contributed by atoms with Crippen molar-refractivity contribution in [2.45, 2.75) is 39.7 Å². The summed E-state index contributed by atoms with van der Waals surface area (Å²) in [4.78, 5) is 17.1. The lowest BCUT2D eigenvalue weighted by Gasteiger charge is -2.37. The second kappa shape index (κ2) is 5.98. The molecule has 2 aromatic heterocycles. The number of carbonyl (C=O) groups excluding carboxylic acids is 1. The van der Waals surface area contributed by atoms with Gasteiger partial charge in [-0.2, -0.15) is 0 Å². The van der Waals surface area contributed by atoms with Crippen molar-refractivity contribution in [1.82, 2.24) is 29.3 Å². The number of rotatable bonds is 3. The van der Waals surface area contributed by atoms with Crippen molar-refractivity contribution in [3.63, 3.8) is 0 Å². The first-order valence-corrected chi connectivity index (χ1v) is 9.01. The molecular weight excluding hydrogens is 316 g/mol. The zero-order chi connectivity index (χ0) is 17.6. The number of likely N-dealkylation sites (tertiary alicyclic amines) is 2. The number of nitrogens with zero attached hydrogens (tertiary/aromatic N) is 6. The molecule has 0 saturated carbocycles. The molecule has 4 heterocycles. The van der Waals surface area contributed by atoms with Gasteiger partial charge in [-0.3, -0.25) is 14.4 Å². The molecular formula is C18H26N6O. The van der Waals surface area contributed by atoms with Gasteiger partial charge in [0.1, 0.15) is 12.7 Å². The highest BCUT2D eigenvalue weighted by molar-refractivity contribution is 5.83. The first kappa shape index (κ1) is 16.3. The van der Waals surface area contributed by atoms with E-state index in [4.69, 9.17) is 0 Å². The first-order chi connectivity index (χ1) is 12.0. The van der Waals surface area contributed by atoms with E-state index in [2.05, 4.69) is 39.7 Å². The Labute approximate surface area is 148 Å². The number of aromatic nitrogens is 4. The molecule has 1 atom stereocenters. The van der Waals surface area contributed by atoms with Gasteiger partial charge in [-0.1, -0.05) is 0 Å². The van der Waals surface area contributed by atoms with Crippen LogP contribution in [0.1, 0.15) is 36.2 Å². The van der Waals surface area contributed by atoms with Crippen molar-refractivity contribution in [3.05, 3.63) is 35.7 Å². The Morgan fingerprint density at radius 1 is 1.16 bits per heavy atom. The maximum Gasteiger partial charge on any atom is 0.229 e. The number of aryl methyl sites for hydroxylation is 1. The second-order valence-corrected chi connectivity index (χ2v) is 7.62. The summed E-state index contributed by atoms with van der Waals surface area (Å²) in [5.74, 6) is 0.344. The van der Waals surface area contributed by atoms with E-state index in [9.17, 15) is 4.79 Å². The first-order valence-electron chi connectivity index (χ1n) is 9.01. The van der Waals surface area contributed by atoms with E-state index in [-0.39, 0.29) is 5.41 Å². The van der Waals surface area contributed by atoms with Crippen LogP contribution in [0.4, 0.5) is 0 Å². The Morgan fingerprint density at radius 3 is 2.68 bits per heavy atom. The predicted molar refractivity (Wildman–Crippen MR) is 93.9 cm³/mol. The number of piperidine rings is 1. The van der Waals surface area contributed by atoms with Crippen molar-refractivity contribution in [3.8, 4) is 0 Å². The number of amides is 1. The van der Waals surface area contributed by atoms with Crippen LogP contribution in [0.15, 0.2) is 18.7 Å². The average Bonchev–Trinajstić information content (AvgIpc) is 3.28. The fourth-order valence-corrected chi connectivity index (χ4v) is 4.61. The lowest BCUT2D eigenvalue weighted by atomic mass is 9.78. The lowest BCUT2D eigenvalue weighted by Crippen LogP contribution is -2.48. The van der Waals surface area contributed by atoms with Gasteiger partial charge in [-0.05, 0) is 51.3 Å². The van der Waals surface area contributed by atoms with Gasteiger partial charge in [0.2, 0.25) is 5.91 Å². The van der Waals surface area contributed by atoms with E-state index < -0.39 is 0 Å². The van der Waals surface area contributed by atoms with Crippen molar-refractivity contribution in [1.29, 1.82) is 0 Å². The van der Waals surface area contributed by atoms with E-state index >= 15 is 0 Å². The van der Waals surface area contributed by atoms with Crippen LogP contribution in [-0.4, -0.2) is 61.9 Å². The zero-order valence-electron chi connectivity index (χ0n) is 15.3. The van der Waals surface area contributed by atoms with Crippen molar-refractivity contribution < 1.29 is 4.79 Å². The summed E-state index contributed by atoms with van der Waals surface area (Å²) in [6, 6.07) is 2.23. The van der Waals surface area contributed by atoms with E-state index in [0.717, 1.165) is 51.1 Å². The van der Waals surface area contributed by atoms with Crippen LogP contribution in [0, 0.1) is 19.3 Å². The molecule has 2 fully saturated rings. The molecule has 4 rings (SSSR count). The van der Waals surface area contributed by atoms with Crippen LogP contribution in [0.2, 0.25) is 0 Å². The zero-order valence-corrected chi connectivity index (χ0v) is 15.3. The molecule has 25 heavy (non-hydrogen) atoms. The highest BCUT2D eigenvalue weighted by atomic mass is 16.2. The molecule has 0 N–H and O–H groups in total. The number of hydrogen-bond acceptors (Lipinski definition) is 4. The number of carbonyl (C=O) groups is 1. The Balaban J connectivity index is 1.53. The molecule has 134 valence electrons. The van der Waals surface area contributed by atoms with Crippen LogP contribution in [0.5, 0.6) is 0 Å².